The lowest BCUT2D eigenvalue weighted by molar-refractivity contribution is -0.116. The molecule has 98 valence electrons. The first-order valence-electron chi connectivity index (χ1n) is 6.90. The molecule has 3 heteroatoms. The lowest BCUT2D eigenvalue weighted by atomic mass is 10.0. The third kappa shape index (κ3) is 3.84. The molecule has 18 heavy (non-hydrogen) atoms. The summed E-state index contributed by atoms with van der Waals surface area (Å²) in [5.74, 6) is 0.114. The van der Waals surface area contributed by atoms with Crippen LogP contribution in [0.2, 0.25) is 0 Å². The van der Waals surface area contributed by atoms with Gasteiger partial charge in [0, 0.05) is 18.2 Å². The van der Waals surface area contributed by atoms with Crippen LogP contribution in [0.25, 0.3) is 0 Å². The summed E-state index contributed by atoms with van der Waals surface area (Å²) in [5, 5.41) is 6.38. The van der Waals surface area contributed by atoms with Crippen LogP contribution in [0.15, 0.2) is 24.3 Å². The van der Waals surface area contributed by atoms with E-state index in [2.05, 4.69) is 23.6 Å². The molecule has 3 nitrogen and oxygen atoms in total. The van der Waals surface area contributed by atoms with E-state index >= 15 is 0 Å². The number of nitrogens with one attached hydrogen (secondary N) is 2. The van der Waals surface area contributed by atoms with Crippen molar-refractivity contribution >= 4 is 11.6 Å². The number of rotatable bonds is 4. The van der Waals surface area contributed by atoms with Gasteiger partial charge >= 0.3 is 0 Å². The molecule has 1 aromatic carbocycles. The fraction of sp³-hybridized carbons (Fsp3) is 0.533. The Kier molecular flexibility index (Phi) is 4.76. The topological polar surface area (TPSA) is 41.1 Å². The third-order valence-electron chi connectivity index (χ3n) is 3.46. The second-order valence-electron chi connectivity index (χ2n) is 4.95. The molecule has 1 atom stereocenters. The summed E-state index contributed by atoms with van der Waals surface area (Å²) in [7, 11) is 0. The Hall–Kier alpha value is -1.35. The van der Waals surface area contributed by atoms with Gasteiger partial charge in [0.2, 0.25) is 5.91 Å². The number of carbonyl (C=O) groups is 1. The molecule has 0 saturated carbocycles. The van der Waals surface area contributed by atoms with E-state index in [9.17, 15) is 4.79 Å². The van der Waals surface area contributed by atoms with Gasteiger partial charge in [-0.1, -0.05) is 25.5 Å². The lowest BCUT2D eigenvalue weighted by Crippen LogP contribution is -2.36. The average molecular weight is 246 g/mol. The van der Waals surface area contributed by atoms with Crippen LogP contribution < -0.4 is 10.6 Å². The molecular weight excluding hydrogens is 224 g/mol. The van der Waals surface area contributed by atoms with Crippen molar-refractivity contribution in [3.05, 3.63) is 29.8 Å². The monoisotopic (exact) mass is 246 g/mol. The number of benzene rings is 1. The first kappa shape index (κ1) is 13.1. The van der Waals surface area contributed by atoms with Crippen molar-refractivity contribution in [1.82, 2.24) is 5.32 Å². The van der Waals surface area contributed by atoms with Gasteiger partial charge in [-0.25, -0.2) is 0 Å². The number of piperidine rings is 1. The molecule has 1 fully saturated rings. The minimum atomic E-state index is 0.114. The van der Waals surface area contributed by atoms with Gasteiger partial charge in [-0.3, -0.25) is 4.79 Å². The van der Waals surface area contributed by atoms with E-state index in [1.165, 1.54) is 18.4 Å². The molecule has 1 unspecified atom stereocenters. The van der Waals surface area contributed by atoms with Crippen molar-refractivity contribution in [2.24, 2.45) is 0 Å². The summed E-state index contributed by atoms with van der Waals surface area (Å²) in [6.07, 6.45) is 5.15. The molecule has 1 aromatic rings. The Morgan fingerprint density at radius 2 is 2.33 bits per heavy atom. The van der Waals surface area contributed by atoms with E-state index in [0.717, 1.165) is 25.1 Å². The maximum atomic E-state index is 11.9. The highest BCUT2D eigenvalue weighted by atomic mass is 16.1. The molecular formula is C15H22N2O. The van der Waals surface area contributed by atoms with Crippen molar-refractivity contribution in [2.75, 3.05) is 11.9 Å². The number of hydrogen-bond donors (Lipinski definition) is 2. The molecule has 1 amide bonds. The van der Waals surface area contributed by atoms with E-state index in [1.54, 1.807) is 0 Å². The van der Waals surface area contributed by atoms with Crippen molar-refractivity contribution < 1.29 is 4.79 Å². The standard InChI is InChI=1S/C15H22N2O/c1-2-12-6-5-8-14(10-12)17-15(18)11-13-7-3-4-9-16-13/h5-6,8,10,13,16H,2-4,7,9,11H2,1H3,(H,17,18). The smallest absolute Gasteiger partial charge is 0.225 e. The summed E-state index contributed by atoms with van der Waals surface area (Å²) in [6, 6.07) is 8.43. The molecule has 2 rings (SSSR count). The van der Waals surface area contributed by atoms with E-state index in [-0.39, 0.29) is 5.91 Å². The molecule has 2 N–H and O–H groups in total. The Labute approximate surface area is 109 Å². The Morgan fingerprint density at radius 1 is 1.44 bits per heavy atom. The van der Waals surface area contributed by atoms with Gasteiger partial charge in [0.25, 0.3) is 0 Å². The largest absolute Gasteiger partial charge is 0.326 e. The van der Waals surface area contributed by atoms with Crippen LogP contribution in [-0.4, -0.2) is 18.5 Å². The lowest BCUT2D eigenvalue weighted by Gasteiger charge is -2.22. The summed E-state index contributed by atoms with van der Waals surface area (Å²) in [6.45, 7) is 3.16. The summed E-state index contributed by atoms with van der Waals surface area (Å²) < 4.78 is 0. The molecule has 0 aromatic heterocycles. The Bertz CT molecular complexity index is 397. The highest BCUT2D eigenvalue weighted by Gasteiger charge is 2.16. The summed E-state index contributed by atoms with van der Waals surface area (Å²) >= 11 is 0. The van der Waals surface area contributed by atoms with Crippen LogP contribution in [0, 0.1) is 0 Å². The van der Waals surface area contributed by atoms with Crippen molar-refractivity contribution in [3.8, 4) is 0 Å². The van der Waals surface area contributed by atoms with Gasteiger partial charge in [-0.15, -0.1) is 0 Å². The molecule has 1 aliphatic heterocycles. The SMILES string of the molecule is CCc1cccc(NC(=O)CC2CCCCN2)c1. The van der Waals surface area contributed by atoms with Gasteiger partial charge in [0.05, 0.1) is 0 Å². The minimum Gasteiger partial charge on any atom is -0.326 e. The number of carbonyl (C=O) groups excluding carboxylic acids is 1. The summed E-state index contributed by atoms with van der Waals surface area (Å²) in [5.41, 5.74) is 2.17. The first-order chi connectivity index (χ1) is 8.78. The number of aryl methyl sites for hydroxylation is 1. The second kappa shape index (κ2) is 6.55. The van der Waals surface area contributed by atoms with Crippen molar-refractivity contribution in [1.29, 1.82) is 0 Å². The number of amides is 1. The van der Waals surface area contributed by atoms with Crippen LogP contribution in [0.4, 0.5) is 5.69 Å². The highest BCUT2D eigenvalue weighted by molar-refractivity contribution is 5.91. The fourth-order valence-corrected chi connectivity index (χ4v) is 2.40. The van der Waals surface area contributed by atoms with Crippen LogP contribution in [0.1, 0.15) is 38.2 Å². The summed E-state index contributed by atoms with van der Waals surface area (Å²) in [4.78, 5) is 11.9. The van der Waals surface area contributed by atoms with Crippen molar-refractivity contribution in [3.63, 3.8) is 0 Å². The van der Waals surface area contributed by atoms with E-state index in [4.69, 9.17) is 0 Å². The maximum absolute atomic E-state index is 11.9. The molecule has 0 bridgehead atoms. The van der Waals surface area contributed by atoms with Gasteiger partial charge in [0.15, 0.2) is 0 Å². The molecule has 0 spiro atoms. The van der Waals surface area contributed by atoms with Crippen LogP contribution in [-0.2, 0) is 11.2 Å². The zero-order chi connectivity index (χ0) is 12.8. The molecule has 1 aliphatic rings. The molecule has 1 saturated heterocycles. The Morgan fingerprint density at radius 3 is 3.06 bits per heavy atom. The van der Waals surface area contributed by atoms with E-state index in [1.807, 2.05) is 18.2 Å². The zero-order valence-corrected chi connectivity index (χ0v) is 11.0. The number of hydrogen-bond acceptors (Lipinski definition) is 2. The predicted octanol–water partition coefficient (Wildman–Crippen LogP) is 2.72. The molecule has 1 heterocycles. The fourth-order valence-electron chi connectivity index (χ4n) is 2.40. The zero-order valence-electron chi connectivity index (χ0n) is 11.0. The van der Waals surface area contributed by atoms with Gasteiger partial charge in [0.1, 0.15) is 0 Å². The quantitative estimate of drug-likeness (QED) is 0.857. The van der Waals surface area contributed by atoms with E-state index < -0.39 is 0 Å². The first-order valence-corrected chi connectivity index (χ1v) is 6.90. The third-order valence-corrected chi connectivity index (χ3v) is 3.46. The van der Waals surface area contributed by atoms with Crippen LogP contribution >= 0.6 is 0 Å². The maximum Gasteiger partial charge on any atom is 0.225 e. The second-order valence-corrected chi connectivity index (χ2v) is 4.95. The van der Waals surface area contributed by atoms with Crippen LogP contribution in [0.3, 0.4) is 0 Å². The van der Waals surface area contributed by atoms with Gasteiger partial charge in [-0.2, -0.15) is 0 Å². The Balaban J connectivity index is 1.85. The predicted molar refractivity (Wildman–Crippen MR) is 74.7 cm³/mol. The number of anilines is 1. The van der Waals surface area contributed by atoms with E-state index in [0.29, 0.717) is 12.5 Å². The molecule has 0 aliphatic carbocycles. The normalized spacial score (nSPS) is 19.5. The average Bonchev–Trinajstić information content (AvgIpc) is 2.40. The molecule has 0 radical (unpaired) electrons. The van der Waals surface area contributed by atoms with Gasteiger partial charge < -0.3 is 10.6 Å². The van der Waals surface area contributed by atoms with Gasteiger partial charge in [-0.05, 0) is 43.5 Å². The van der Waals surface area contributed by atoms with Crippen LogP contribution in [0.5, 0.6) is 0 Å². The minimum absolute atomic E-state index is 0.114. The highest BCUT2D eigenvalue weighted by Crippen LogP contribution is 2.14. The van der Waals surface area contributed by atoms with Crippen molar-refractivity contribution in [2.45, 2.75) is 45.1 Å².